The van der Waals surface area contributed by atoms with Gasteiger partial charge < -0.3 is 0 Å². The molecule has 2 atom stereocenters. The normalized spacial score (nSPS) is 17.0. The SMILES string of the molecule is CC1=Cc2c(cccc2-n2c3ccccc3c3ccccc32)[CH]1[Hf][CH]1C(C)=Cc2c1cccc2-n1c2ccccc2c2ccccc21. The van der Waals surface area contributed by atoms with Crippen molar-refractivity contribution in [3.63, 3.8) is 0 Å². The van der Waals surface area contributed by atoms with E-state index in [1.165, 1.54) is 88.4 Å². The number of hydrogen-bond donors (Lipinski definition) is 0. The number of allylic oxidation sites excluding steroid dienone is 2. The van der Waals surface area contributed by atoms with Crippen molar-refractivity contribution >= 4 is 55.8 Å². The van der Waals surface area contributed by atoms with Crippen molar-refractivity contribution in [2.75, 3.05) is 0 Å². The zero-order valence-corrected chi connectivity index (χ0v) is 30.0. The van der Waals surface area contributed by atoms with Gasteiger partial charge in [0.2, 0.25) is 0 Å². The minimum atomic E-state index is -1.31. The molecule has 6 aromatic carbocycles. The molecule has 0 bridgehead atoms. The first kappa shape index (κ1) is 27.4. The van der Waals surface area contributed by atoms with Crippen LogP contribution in [0.25, 0.3) is 67.1 Å². The van der Waals surface area contributed by atoms with Gasteiger partial charge >= 0.3 is 287 Å². The second-order valence-corrected chi connectivity index (χ2v) is 18.5. The molecule has 0 fully saturated rings. The summed E-state index contributed by atoms with van der Waals surface area (Å²) in [5.41, 5.74) is 16.7. The number of hydrogen-bond acceptors (Lipinski definition) is 0. The van der Waals surface area contributed by atoms with Crippen molar-refractivity contribution in [1.82, 2.24) is 9.13 Å². The summed E-state index contributed by atoms with van der Waals surface area (Å²) in [6.45, 7) is 4.77. The molecule has 0 saturated heterocycles. The van der Waals surface area contributed by atoms with Crippen molar-refractivity contribution in [2.24, 2.45) is 0 Å². The van der Waals surface area contributed by atoms with Crippen molar-refractivity contribution in [3.05, 3.63) is 167 Å². The van der Waals surface area contributed by atoms with Crippen LogP contribution in [0.15, 0.2) is 145 Å². The van der Waals surface area contributed by atoms with E-state index >= 15 is 0 Å². The Morgan fingerprint density at radius 1 is 0.404 bits per heavy atom. The maximum absolute atomic E-state index is 2.51. The van der Waals surface area contributed by atoms with Gasteiger partial charge in [-0.3, -0.25) is 0 Å². The van der Waals surface area contributed by atoms with E-state index in [1.54, 1.807) is 0 Å². The Kier molecular flexibility index (Phi) is 6.05. The van der Waals surface area contributed by atoms with Gasteiger partial charge in [-0.2, -0.15) is 0 Å². The van der Waals surface area contributed by atoms with Crippen LogP contribution >= 0.6 is 0 Å². The third-order valence-corrected chi connectivity index (χ3v) is 18.4. The van der Waals surface area contributed by atoms with Gasteiger partial charge in [-0.25, -0.2) is 0 Å². The third kappa shape index (κ3) is 3.93. The second kappa shape index (κ2) is 10.4. The molecule has 2 aromatic heterocycles. The van der Waals surface area contributed by atoms with Crippen LogP contribution in [0.5, 0.6) is 0 Å². The molecular weight excluding hydrogens is 735 g/mol. The number of para-hydroxylation sites is 4. The molecule has 0 radical (unpaired) electrons. The zero-order valence-electron chi connectivity index (χ0n) is 26.4. The quantitative estimate of drug-likeness (QED) is 0.158. The average molecular weight is 767 g/mol. The Morgan fingerprint density at radius 2 is 0.745 bits per heavy atom. The molecule has 0 N–H and O–H groups in total. The first-order valence-corrected chi connectivity index (χ1v) is 20.7. The van der Waals surface area contributed by atoms with Crippen LogP contribution in [-0.2, 0) is 22.9 Å². The molecule has 0 aliphatic heterocycles. The van der Waals surface area contributed by atoms with Gasteiger partial charge in [0, 0.05) is 0 Å². The third-order valence-electron chi connectivity index (χ3n) is 10.5. The van der Waals surface area contributed by atoms with E-state index in [0.29, 0.717) is 7.35 Å². The van der Waals surface area contributed by atoms with E-state index in [-0.39, 0.29) is 0 Å². The first-order valence-electron chi connectivity index (χ1n) is 16.5. The summed E-state index contributed by atoms with van der Waals surface area (Å²) in [6, 6.07) is 49.5. The molecule has 2 heterocycles. The fourth-order valence-electron chi connectivity index (χ4n) is 8.43. The van der Waals surface area contributed by atoms with Crippen molar-refractivity contribution < 1.29 is 22.9 Å². The van der Waals surface area contributed by atoms with E-state index in [4.69, 9.17) is 0 Å². The van der Waals surface area contributed by atoms with Gasteiger partial charge in [0.25, 0.3) is 0 Å². The topological polar surface area (TPSA) is 9.86 Å². The monoisotopic (exact) mass is 768 g/mol. The van der Waals surface area contributed by atoms with E-state index in [0.717, 1.165) is 0 Å². The molecule has 10 rings (SSSR count). The maximum atomic E-state index is 2.51. The molecule has 222 valence electrons. The summed E-state index contributed by atoms with van der Waals surface area (Å²) in [5.74, 6) is 0. The molecule has 3 heteroatoms. The Balaban J connectivity index is 1.08. The average Bonchev–Trinajstić information content (AvgIpc) is 3.82. The van der Waals surface area contributed by atoms with Gasteiger partial charge in [-0.05, 0) is 0 Å². The van der Waals surface area contributed by atoms with Crippen molar-refractivity contribution in [2.45, 2.75) is 21.2 Å². The summed E-state index contributed by atoms with van der Waals surface area (Å²) in [7, 11) is 0. The van der Waals surface area contributed by atoms with Gasteiger partial charge in [-0.1, -0.05) is 0 Å². The molecule has 2 aliphatic rings. The summed E-state index contributed by atoms with van der Waals surface area (Å²) in [6.07, 6.45) is 5.02. The van der Waals surface area contributed by atoms with Gasteiger partial charge in [-0.15, -0.1) is 0 Å². The fraction of sp³-hybridized carbons (Fsp3) is 0.0909. The Labute approximate surface area is 285 Å². The Morgan fingerprint density at radius 3 is 1.11 bits per heavy atom. The van der Waals surface area contributed by atoms with E-state index < -0.39 is 22.9 Å². The molecular formula is C44H32HfN2. The second-order valence-electron chi connectivity index (χ2n) is 13.1. The summed E-state index contributed by atoms with van der Waals surface area (Å²) in [4.78, 5) is 0. The summed E-state index contributed by atoms with van der Waals surface area (Å²) >= 11 is -1.31. The first-order chi connectivity index (χ1) is 23.2. The molecule has 0 amide bonds. The predicted molar refractivity (Wildman–Crippen MR) is 194 cm³/mol. The van der Waals surface area contributed by atoms with Crippen LogP contribution < -0.4 is 0 Å². The van der Waals surface area contributed by atoms with Crippen LogP contribution in [-0.4, -0.2) is 9.13 Å². The Hall–Kier alpha value is -4.73. The predicted octanol–water partition coefficient (Wildman–Crippen LogP) is 11.6. The van der Waals surface area contributed by atoms with Gasteiger partial charge in [0.05, 0.1) is 0 Å². The number of fused-ring (bicyclic) bond motifs is 8. The Bertz CT molecular complexity index is 2360. The standard InChI is InChI=1S/2C22H16N.Hf/c2*1-15-13-16-7-6-12-22(19(16)14-15)23-20-10-4-2-8-17(20)18-9-3-5-11-21(18)23;/h2*2-14H,1H3;. The number of rotatable bonds is 4. The van der Waals surface area contributed by atoms with E-state index in [2.05, 4.69) is 169 Å². The zero-order chi connectivity index (χ0) is 31.2. The molecule has 2 unspecified atom stereocenters. The number of nitrogens with zero attached hydrogens (tertiary/aromatic N) is 2. The van der Waals surface area contributed by atoms with E-state index in [9.17, 15) is 0 Å². The fourth-order valence-corrected chi connectivity index (χ4v) is 15.2. The number of benzene rings is 6. The van der Waals surface area contributed by atoms with Crippen LogP contribution in [0, 0.1) is 0 Å². The molecule has 8 aromatic rings. The number of aromatic nitrogens is 2. The molecule has 2 nitrogen and oxygen atoms in total. The van der Waals surface area contributed by atoms with Gasteiger partial charge in [0.1, 0.15) is 0 Å². The summed E-state index contributed by atoms with van der Waals surface area (Å²) < 4.78 is 6.12. The molecule has 47 heavy (non-hydrogen) atoms. The molecule has 0 saturated carbocycles. The van der Waals surface area contributed by atoms with Crippen LogP contribution in [0.4, 0.5) is 0 Å². The molecule has 2 aliphatic carbocycles. The van der Waals surface area contributed by atoms with Crippen molar-refractivity contribution in [1.29, 1.82) is 0 Å². The minimum absolute atomic E-state index is 0.564. The summed E-state index contributed by atoms with van der Waals surface area (Å²) in [5, 5.41) is 5.26. The van der Waals surface area contributed by atoms with Crippen LogP contribution in [0.1, 0.15) is 43.5 Å². The van der Waals surface area contributed by atoms with Crippen LogP contribution in [0.3, 0.4) is 0 Å². The molecule has 0 spiro atoms. The van der Waals surface area contributed by atoms with E-state index in [1.807, 2.05) is 0 Å². The van der Waals surface area contributed by atoms with Crippen molar-refractivity contribution in [3.8, 4) is 11.4 Å². The van der Waals surface area contributed by atoms with Gasteiger partial charge in [0.15, 0.2) is 0 Å². The van der Waals surface area contributed by atoms with Crippen LogP contribution in [0.2, 0.25) is 0 Å².